The highest BCUT2D eigenvalue weighted by molar-refractivity contribution is 5.85. The molecule has 1 heterocycles. The van der Waals surface area contributed by atoms with Gasteiger partial charge in [-0.25, -0.2) is 4.79 Å². The Morgan fingerprint density at radius 3 is 2.50 bits per heavy atom. The Labute approximate surface area is 164 Å². The summed E-state index contributed by atoms with van der Waals surface area (Å²) in [4.78, 5) is 14.1. The van der Waals surface area contributed by atoms with Gasteiger partial charge >= 0.3 is 5.97 Å². The van der Waals surface area contributed by atoms with Gasteiger partial charge in [0, 0.05) is 17.1 Å². The summed E-state index contributed by atoms with van der Waals surface area (Å²) < 4.78 is 11.5. The molecular formula is C23H25NO4. The molecule has 0 atom stereocenters. The highest BCUT2D eigenvalue weighted by Gasteiger charge is 2.20. The minimum atomic E-state index is -0.992. The summed E-state index contributed by atoms with van der Waals surface area (Å²) in [5, 5.41) is 10.0. The fourth-order valence-electron chi connectivity index (χ4n) is 4.18. The Kier molecular flexibility index (Phi) is 4.99. The fraction of sp³-hybridized carbons (Fsp3) is 0.348. The van der Waals surface area contributed by atoms with Gasteiger partial charge in [-0.1, -0.05) is 12.8 Å². The highest BCUT2D eigenvalue weighted by Crippen LogP contribution is 2.39. The molecule has 3 aromatic rings. The number of aliphatic carboxylic acids is 1. The first-order valence-electron chi connectivity index (χ1n) is 9.76. The molecule has 1 fully saturated rings. The standard InChI is InChI=1S/C23H25NO4/c1-14-9-18(27-13-22(25)26)10-15(2)23(14)28-17-7-8-21-19(11-17)20(12-24-21)16-5-3-4-6-16/h7-12,16,24H,3-6,13H2,1-2H3,(H,25,26). The van der Waals surface area contributed by atoms with Gasteiger partial charge < -0.3 is 19.6 Å². The minimum absolute atomic E-state index is 0.354. The van der Waals surface area contributed by atoms with Crippen LogP contribution in [0.3, 0.4) is 0 Å². The van der Waals surface area contributed by atoms with E-state index in [1.165, 1.54) is 36.6 Å². The highest BCUT2D eigenvalue weighted by atomic mass is 16.5. The largest absolute Gasteiger partial charge is 0.482 e. The van der Waals surface area contributed by atoms with Gasteiger partial charge in [0.05, 0.1) is 0 Å². The number of carboxylic acid groups (broad SMARTS) is 1. The van der Waals surface area contributed by atoms with Gasteiger partial charge in [-0.05, 0) is 79.6 Å². The molecule has 0 spiro atoms. The lowest BCUT2D eigenvalue weighted by Gasteiger charge is -2.14. The fourth-order valence-corrected chi connectivity index (χ4v) is 4.18. The summed E-state index contributed by atoms with van der Waals surface area (Å²) in [6.45, 7) is 3.52. The minimum Gasteiger partial charge on any atom is -0.482 e. The van der Waals surface area contributed by atoms with Crippen LogP contribution in [0.15, 0.2) is 36.5 Å². The molecule has 0 unspecified atom stereocenters. The van der Waals surface area contributed by atoms with Crippen molar-refractivity contribution in [2.45, 2.75) is 45.4 Å². The lowest BCUT2D eigenvalue weighted by atomic mass is 9.97. The number of rotatable bonds is 6. The summed E-state index contributed by atoms with van der Waals surface area (Å²) >= 11 is 0. The van der Waals surface area contributed by atoms with E-state index in [9.17, 15) is 4.79 Å². The number of carboxylic acids is 1. The first-order valence-corrected chi connectivity index (χ1v) is 9.76. The molecule has 1 aliphatic rings. The van der Waals surface area contributed by atoms with Crippen LogP contribution in [0.4, 0.5) is 0 Å². The smallest absolute Gasteiger partial charge is 0.341 e. The molecule has 0 aliphatic heterocycles. The monoisotopic (exact) mass is 379 g/mol. The maximum absolute atomic E-state index is 10.7. The molecule has 0 amide bonds. The third-order valence-electron chi connectivity index (χ3n) is 5.50. The molecule has 1 saturated carbocycles. The van der Waals surface area contributed by atoms with E-state index in [0.717, 1.165) is 28.1 Å². The van der Waals surface area contributed by atoms with E-state index in [0.29, 0.717) is 11.7 Å². The van der Waals surface area contributed by atoms with Crippen molar-refractivity contribution in [2.75, 3.05) is 6.61 Å². The molecule has 28 heavy (non-hydrogen) atoms. The molecule has 0 radical (unpaired) electrons. The number of aryl methyl sites for hydroxylation is 2. The summed E-state index contributed by atoms with van der Waals surface area (Å²) in [5.74, 6) is 1.76. The third-order valence-corrected chi connectivity index (χ3v) is 5.50. The summed E-state index contributed by atoms with van der Waals surface area (Å²) in [6.07, 6.45) is 7.28. The second-order valence-corrected chi connectivity index (χ2v) is 7.60. The van der Waals surface area contributed by atoms with Crippen LogP contribution in [0.2, 0.25) is 0 Å². The van der Waals surface area contributed by atoms with Crippen molar-refractivity contribution in [3.63, 3.8) is 0 Å². The summed E-state index contributed by atoms with van der Waals surface area (Å²) in [6, 6.07) is 9.78. The van der Waals surface area contributed by atoms with Gasteiger partial charge in [-0.3, -0.25) is 0 Å². The number of nitrogens with one attached hydrogen (secondary N) is 1. The van der Waals surface area contributed by atoms with Crippen LogP contribution in [-0.4, -0.2) is 22.7 Å². The predicted octanol–water partition coefficient (Wildman–Crippen LogP) is 5.70. The van der Waals surface area contributed by atoms with Crippen molar-refractivity contribution in [3.05, 3.63) is 53.2 Å². The Morgan fingerprint density at radius 1 is 1.11 bits per heavy atom. The number of benzene rings is 2. The van der Waals surface area contributed by atoms with Gasteiger partial charge in [-0.15, -0.1) is 0 Å². The van der Waals surface area contributed by atoms with Crippen molar-refractivity contribution >= 4 is 16.9 Å². The predicted molar refractivity (Wildman–Crippen MR) is 109 cm³/mol. The van der Waals surface area contributed by atoms with E-state index in [1.807, 2.05) is 32.0 Å². The van der Waals surface area contributed by atoms with Gasteiger partial charge in [0.1, 0.15) is 17.2 Å². The van der Waals surface area contributed by atoms with Crippen LogP contribution in [0.25, 0.3) is 10.9 Å². The Bertz CT molecular complexity index is 992. The van der Waals surface area contributed by atoms with Crippen molar-refractivity contribution in [1.82, 2.24) is 4.98 Å². The first kappa shape index (κ1) is 18.4. The van der Waals surface area contributed by atoms with Crippen molar-refractivity contribution in [2.24, 2.45) is 0 Å². The van der Waals surface area contributed by atoms with Crippen LogP contribution in [0, 0.1) is 13.8 Å². The summed E-state index contributed by atoms with van der Waals surface area (Å²) in [7, 11) is 0. The SMILES string of the molecule is Cc1cc(OCC(=O)O)cc(C)c1Oc1ccc2[nH]cc(C3CCCC3)c2c1. The van der Waals surface area contributed by atoms with Crippen LogP contribution >= 0.6 is 0 Å². The zero-order valence-electron chi connectivity index (χ0n) is 16.2. The quantitative estimate of drug-likeness (QED) is 0.576. The second-order valence-electron chi connectivity index (χ2n) is 7.60. The van der Waals surface area contributed by atoms with E-state index in [-0.39, 0.29) is 6.61 Å². The normalized spacial score (nSPS) is 14.5. The topological polar surface area (TPSA) is 71.6 Å². The van der Waals surface area contributed by atoms with Crippen molar-refractivity contribution < 1.29 is 19.4 Å². The molecule has 146 valence electrons. The first-order chi connectivity index (χ1) is 13.5. The molecule has 5 heteroatoms. The van der Waals surface area contributed by atoms with Crippen molar-refractivity contribution in [1.29, 1.82) is 0 Å². The van der Waals surface area contributed by atoms with Crippen LogP contribution in [0.1, 0.15) is 48.3 Å². The number of hydrogen-bond acceptors (Lipinski definition) is 3. The molecule has 2 aromatic carbocycles. The van der Waals surface area contributed by atoms with Gasteiger partial charge in [0.2, 0.25) is 0 Å². The van der Waals surface area contributed by atoms with Gasteiger partial charge in [0.25, 0.3) is 0 Å². The lowest BCUT2D eigenvalue weighted by molar-refractivity contribution is -0.139. The number of aromatic nitrogens is 1. The molecule has 5 nitrogen and oxygen atoms in total. The molecule has 4 rings (SSSR count). The zero-order valence-corrected chi connectivity index (χ0v) is 16.2. The molecular weight excluding hydrogens is 354 g/mol. The average molecular weight is 379 g/mol. The third kappa shape index (κ3) is 3.70. The number of aromatic amines is 1. The van der Waals surface area contributed by atoms with E-state index < -0.39 is 5.97 Å². The van der Waals surface area contributed by atoms with Gasteiger partial charge in [0.15, 0.2) is 6.61 Å². The Hall–Kier alpha value is -2.95. The van der Waals surface area contributed by atoms with Crippen LogP contribution in [0.5, 0.6) is 17.2 Å². The van der Waals surface area contributed by atoms with Crippen molar-refractivity contribution in [3.8, 4) is 17.2 Å². The molecule has 0 bridgehead atoms. The van der Waals surface area contributed by atoms with E-state index in [1.54, 1.807) is 0 Å². The zero-order chi connectivity index (χ0) is 19.7. The van der Waals surface area contributed by atoms with E-state index in [4.69, 9.17) is 14.6 Å². The second kappa shape index (κ2) is 7.58. The maximum atomic E-state index is 10.7. The van der Waals surface area contributed by atoms with E-state index in [2.05, 4.69) is 23.3 Å². The number of hydrogen-bond donors (Lipinski definition) is 2. The number of fused-ring (bicyclic) bond motifs is 1. The van der Waals surface area contributed by atoms with E-state index >= 15 is 0 Å². The Balaban J connectivity index is 1.60. The maximum Gasteiger partial charge on any atom is 0.341 e. The molecule has 1 aliphatic carbocycles. The molecule has 1 aromatic heterocycles. The number of ether oxygens (including phenoxy) is 2. The van der Waals surface area contributed by atoms with Crippen LogP contribution < -0.4 is 9.47 Å². The number of H-pyrrole nitrogens is 1. The summed E-state index contributed by atoms with van der Waals surface area (Å²) in [5.41, 5.74) is 4.35. The molecule has 2 N–H and O–H groups in total. The molecule has 0 saturated heterocycles. The van der Waals surface area contributed by atoms with Gasteiger partial charge in [-0.2, -0.15) is 0 Å². The van der Waals surface area contributed by atoms with Crippen LogP contribution in [-0.2, 0) is 4.79 Å². The number of carbonyl (C=O) groups is 1. The average Bonchev–Trinajstić information content (AvgIpc) is 3.32. The lowest BCUT2D eigenvalue weighted by Crippen LogP contribution is -2.09. The Morgan fingerprint density at radius 2 is 1.82 bits per heavy atom.